The number of carbonyl (C=O) groups excluding carboxylic acids is 2. The molecule has 3 rings (SSSR count). The fourth-order valence-corrected chi connectivity index (χ4v) is 3.24. The molecule has 2 heterocycles. The first kappa shape index (κ1) is 15.8. The van der Waals surface area contributed by atoms with Crippen molar-refractivity contribution in [1.82, 2.24) is 4.90 Å². The molecular formula is C18H24N2O3. The summed E-state index contributed by atoms with van der Waals surface area (Å²) in [6, 6.07) is 8.05. The molecule has 124 valence electrons. The van der Waals surface area contributed by atoms with Crippen LogP contribution in [-0.2, 0) is 16.0 Å². The van der Waals surface area contributed by atoms with Crippen molar-refractivity contribution in [2.45, 2.75) is 39.2 Å². The van der Waals surface area contributed by atoms with Crippen molar-refractivity contribution in [3.63, 3.8) is 0 Å². The summed E-state index contributed by atoms with van der Waals surface area (Å²) in [5.41, 5.74) is 1.74. The Kier molecular flexibility index (Phi) is 4.04. The highest BCUT2D eigenvalue weighted by Crippen LogP contribution is 2.31. The molecule has 23 heavy (non-hydrogen) atoms. The van der Waals surface area contributed by atoms with Crippen molar-refractivity contribution in [1.29, 1.82) is 0 Å². The third-order valence-electron chi connectivity index (χ3n) is 4.34. The predicted octanol–water partition coefficient (Wildman–Crippen LogP) is 2.83. The molecule has 1 fully saturated rings. The van der Waals surface area contributed by atoms with Crippen LogP contribution in [0.3, 0.4) is 0 Å². The molecule has 5 nitrogen and oxygen atoms in total. The molecular weight excluding hydrogens is 292 g/mol. The molecule has 0 bridgehead atoms. The number of rotatable bonds is 1. The Morgan fingerprint density at radius 3 is 2.65 bits per heavy atom. The van der Waals surface area contributed by atoms with E-state index in [2.05, 4.69) is 6.07 Å². The number of amides is 2. The Balaban J connectivity index is 1.64. The lowest BCUT2D eigenvalue weighted by Crippen LogP contribution is -2.39. The molecule has 0 aromatic heterocycles. The standard InChI is InChI=1S/C18H24N2O3/c1-18(2,3)23-17(22)19-10-8-14(12-19)16(21)20-11-9-13-6-4-5-7-15(13)20/h4-7,14H,8-12H2,1-3H3. The fraction of sp³-hybridized carbons (Fsp3) is 0.556. The van der Waals surface area contributed by atoms with Crippen molar-refractivity contribution in [2.24, 2.45) is 5.92 Å². The summed E-state index contributed by atoms with van der Waals surface area (Å²) in [6.07, 6.45) is 1.29. The predicted molar refractivity (Wildman–Crippen MR) is 88.4 cm³/mol. The van der Waals surface area contributed by atoms with Crippen LogP contribution in [0.15, 0.2) is 24.3 Å². The summed E-state index contributed by atoms with van der Waals surface area (Å²) in [5, 5.41) is 0. The number of likely N-dealkylation sites (tertiary alicyclic amines) is 1. The quantitative estimate of drug-likeness (QED) is 0.800. The van der Waals surface area contributed by atoms with E-state index in [4.69, 9.17) is 4.74 Å². The summed E-state index contributed by atoms with van der Waals surface area (Å²) in [7, 11) is 0. The molecule has 2 aliphatic heterocycles. The van der Waals surface area contributed by atoms with Gasteiger partial charge in [-0.05, 0) is 45.2 Å². The number of para-hydroxylation sites is 1. The third kappa shape index (κ3) is 3.33. The molecule has 2 amide bonds. The monoisotopic (exact) mass is 316 g/mol. The maximum Gasteiger partial charge on any atom is 0.410 e. The van der Waals surface area contributed by atoms with E-state index in [1.807, 2.05) is 43.9 Å². The number of benzene rings is 1. The van der Waals surface area contributed by atoms with E-state index in [1.54, 1.807) is 4.90 Å². The second kappa shape index (κ2) is 5.87. The van der Waals surface area contributed by atoms with Gasteiger partial charge in [0.2, 0.25) is 5.91 Å². The highest BCUT2D eigenvalue weighted by molar-refractivity contribution is 5.97. The lowest BCUT2D eigenvalue weighted by Gasteiger charge is -2.25. The average molecular weight is 316 g/mol. The van der Waals surface area contributed by atoms with Crippen molar-refractivity contribution in [3.8, 4) is 0 Å². The van der Waals surface area contributed by atoms with Crippen LogP contribution in [0.1, 0.15) is 32.8 Å². The lowest BCUT2D eigenvalue weighted by molar-refractivity contribution is -0.121. The Hall–Kier alpha value is -2.04. The van der Waals surface area contributed by atoms with E-state index in [1.165, 1.54) is 5.56 Å². The van der Waals surface area contributed by atoms with Crippen molar-refractivity contribution < 1.29 is 14.3 Å². The molecule has 2 aliphatic rings. The molecule has 0 N–H and O–H groups in total. The fourth-order valence-electron chi connectivity index (χ4n) is 3.24. The molecule has 0 spiro atoms. The van der Waals surface area contributed by atoms with E-state index in [0.717, 1.165) is 18.7 Å². The number of ether oxygens (including phenoxy) is 1. The van der Waals surface area contributed by atoms with Crippen LogP contribution in [0.25, 0.3) is 0 Å². The second-order valence-electron chi connectivity index (χ2n) is 7.28. The number of hydrogen-bond donors (Lipinski definition) is 0. The summed E-state index contributed by atoms with van der Waals surface area (Å²) >= 11 is 0. The van der Waals surface area contributed by atoms with Crippen molar-refractivity contribution in [3.05, 3.63) is 29.8 Å². The van der Waals surface area contributed by atoms with E-state index in [0.29, 0.717) is 19.5 Å². The maximum absolute atomic E-state index is 12.8. The first-order valence-electron chi connectivity index (χ1n) is 8.22. The van der Waals surface area contributed by atoms with Gasteiger partial charge in [0.25, 0.3) is 0 Å². The Morgan fingerprint density at radius 1 is 1.17 bits per heavy atom. The van der Waals surface area contributed by atoms with Gasteiger partial charge in [-0.3, -0.25) is 4.79 Å². The van der Waals surface area contributed by atoms with Gasteiger partial charge in [0.1, 0.15) is 5.60 Å². The van der Waals surface area contributed by atoms with Crippen LogP contribution in [0.2, 0.25) is 0 Å². The normalized spacial score (nSPS) is 20.6. The SMILES string of the molecule is CC(C)(C)OC(=O)N1CCC(C(=O)N2CCc3ccccc32)C1. The van der Waals surface area contributed by atoms with Crippen LogP contribution in [0.4, 0.5) is 10.5 Å². The first-order valence-corrected chi connectivity index (χ1v) is 8.22. The van der Waals surface area contributed by atoms with E-state index in [9.17, 15) is 9.59 Å². The van der Waals surface area contributed by atoms with E-state index < -0.39 is 5.60 Å². The molecule has 0 saturated carbocycles. The minimum Gasteiger partial charge on any atom is -0.444 e. The molecule has 0 radical (unpaired) electrons. The number of nitrogens with zero attached hydrogens (tertiary/aromatic N) is 2. The molecule has 1 saturated heterocycles. The van der Waals surface area contributed by atoms with Crippen LogP contribution >= 0.6 is 0 Å². The molecule has 5 heteroatoms. The van der Waals surface area contributed by atoms with Crippen LogP contribution in [-0.4, -0.2) is 42.1 Å². The van der Waals surface area contributed by atoms with Gasteiger partial charge in [-0.2, -0.15) is 0 Å². The number of carbonyl (C=O) groups is 2. The Bertz CT molecular complexity index is 621. The van der Waals surface area contributed by atoms with Crippen LogP contribution < -0.4 is 4.90 Å². The summed E-state index contributed by atoms with van der Waals surface area (Å²) in [4.78, 5) is 28.5. The first-order chi connectivity index (χ1) is 10.8. The Labute approximate surface area is 137 Å². The molecule has 1 unspecified atom stereocenters. The average Bonchev–Trinajstić information content (AvgIpc) is 3.12. The van der Waals surface area contributed by atoms with Crippen LogP contribution in [0, 0.1) is 5.92 Å². The van der Waals surface area contributed by atoms with Crippen molar-refractivity contribution in [2.75, 3.05) is 24.5 Å². The largest absolute Gasteiger partial charge is 0.444 e. The minimum absolute atomic E-state index is 0.126. The molecule has 0 aliphatic carbocycles. The van der Waals surface area contributed by atoms with Crippen molar-refractivity contribution >= 4 is 17.7 Å². The van der Waals surface area contributed by atoms with Gasteiger partial charge >= 0.3 is 6.09 Å². The lowest BCUT2D eigenvalue weighted by atomic mass is 10.1. The highest BCUT2D eigenvalue weighted by Gasteiger charge is 2.37. The summed E-state index contributed by atoms with van der Waals surface area (Å²) in [5.74, 6) is -0.00492. The topological polar surface area (TPSA) is 49.9 Å². The van der Waals surface area contributed by atoms with Gasteiger partial charge in [-0.15, -0.1) is 0 Å². The highest BCUT2D eigenvalue weighted by atomic mass is 16.6. The minimum atomic E-state index is -0.507. The van der Waals surface area contributed by atoms with Gasteiger partial charge in [0.15, 0.2) is 0 Å². The van der Waals surface area contributed by atoms with Gasteiger partial charge in [-0.1, -0.05) is 18.2 Å². The number of fused-ring (bicyclic) bond motifs is 1. The van der Waals surface area contributed by atoms with E-state index >= 15 is 0 Å². The van der Waals surface area contributed by atoms with E-state index in [-0.39, 0.29) is 17.9 Å². The van der Waals surface area contributed by atoms with Gasteiger partial charge < -0.3 is 14.5 Å². The molecule has 1 aromatic carbocycles. The zero-order chi connectivity index (χ0) is 16.6. The second-order valence-corrected chi connectivity index (χ2v) is 7.28. The third-order valence-corrected chi connectivity index (χ3v) is 4.34. The summed E-state index contributed by atoms with van der Waals surface area (Å²) < 4.78 is 5.39. The van der Waals surface area contributed by atoms with Gasteiger partial charge in [-0.25, -0.2) is 4.79 Å². The van der Waals surface area contributed by atoms with Gasteiger partial charge in [0.05, 0.1) is 5.92 Å². The zero-order valence-electron chi connectivity index (χ0n) is 14.0. The smallest absolute Gasteiger partial charge is 0.410 e. The van der Waals surface area contributed by atoms with Crippen LogP contribution in [0.5, 0.6) is 0 Å². The Morgan fingerprint density at radius 2 is 1.91 bits per heavy atom. The zero-order valence-corrected chi connectivity index (χ0v) is 14.0. The summed E-state index contributed by atoms with van der Waals surface area (Å²) in [6.45, 7) is 7.33. The van der Waals surface area contributed by atoms with Gasteiger partial charge in [0, 0.05) is 25.3 Å². The maximum atomic E-state index is 12.8. The number of hydrogen-bond acceptors (Lipinski definition) is 3. The molecule has 1 aromatic rings. The molecule has 1 atom stereocenters. The number of anilines is 1.